The Morgan fingerprint density at radius 1 is 1.08 bits per heavy atom. The van der Waals surface area contributed by atoms with Crippen LogP contribution in [0.3, 0.4) is 0 Å². The van der Waals surface area contributed by atoms with Crippen LogP contribution in [0.5, 0.6) is 11.5 Å². The minimum Gasteiger partial charge on any atom is -0.493 e. The number of carboxylic acid groups (broad SMARTS) is 1. The van der Waals surface area contributed by atoms with Crippen molar-refractivity contribution >= 4 is 23.3 Å². The van der Waals surface area contributed by atoms with E-state index >= 15 is 0 Å². The van der Waals surface area contributed by atoms with Crippen LogP contribution in [-0.4, -0.2) is 36.9 Å². The number of carboxylic acids is 1. The zero-order valence-corrected chi connectivity index (χ0v) is 13.7. The number of ether oxygens (including phenoxy) is 2. The fraction of sp³-hybridized carbons (Fsp3) is 0.167. The van der Waals surface area contributed by atoms with Crippen LogP contribution < -0.4 is 14.5 Å². The second-order valence-electron chi connectivity index (χ2n) is 5.35. The summed E-state index contributed by atoms with van der Waals surface area (Å²) in [6.45, 7) is 0. The summed E-state index contributed by atoms with van der Waals surface area (Å²) >= 11 is 0. The molecule has 0 radical (unpaired) electrons. The summed E-state index contributed by atoms with van der Waals surface area (Å²) < 4.78 is 10.5. The first-order valence-electron chi connectivity index (χ1n) is 7.49. The summed E-state index contributed by atoms with van der Waals surface area (Å²) in [6.07, 6.45) is 0.149. The lowest BCUT2D eigenvalue weighted by molar-refractivity contribution is -0.116. The van der Waals surface area contributed by atoms with Crippen molar-refractivity contribution in [3.63, 3.8) is 0 Å². The van der Waals surface area contributed by atoms with E-state index in [4.69, 9.17) is 14.6 Å². The Morgan fingerprint density at radius 2 is 1.76 bits per heavy atom. The molecule has 1 aliphatic rings. The minimum atomic E-state index is -1.02. The van der Waals surface area contributed by atoms with Crippen LogP contribution in [0.2, 0.25) is 0 Å². The first-order valence-corrected chi connectivity index (χ1v) is 7.49. The van der Waals surface area contributed by atoms with Gasteiger partial charge in [-0.25, -0.2) is 9.80 Å². The molecule has 0 aliphatic carbocycles. The largest absolute Gasteiger partial charge is 0.493 e. The topological polar surface area (TPSA) is 88.4 Å². The summed E-state index contributed by atoms with van der Waals surface area (Å²) in [5.74, 6) is -0.0571. The van der Waals surface area contributed by atoms with Crippen LogP contribution in [0.1, 0.15) is 22.3 Å². The first kappa shape index (κ1) is 16.5. The molecule has 7 heteroatoms. The van der Waals surface area contributed by atoms with E-state index in [0.717, 1.165) is 5.56 Å². The monoisotopic (exact) mass is 340 g/mol. The third kappa shape index (κ3) is 3.16. The smallest absolute Gasteiger partial charge is 0.335 e. The van der Waals surface area contributed by atoms with E-state index < -0.39 is 5.97 Å². The van der Waals surface area contributed by atoms with E-state index in [9.17, 15) is 9.59 Å². The highest BCUT2D eigenvalue weighted by Gasteiger charge is 2.26. The van der Waals surface area contributed by atoms with Crippen molar-refractivity contribution < 1.29 is 24.2 Å². The average Bonchev–Trinajstić information content (AvgIpc) is 3.02. The summed E-state index contributed by atoms with van der Waals surface area (Å²) in [7, 11) is 3.09. The minimum absolute atomic E-state index is 0.149. The van der Waals surface area contributed by atoms with Crippen molar-refractivity contribution in [2.24, 2.45) is 5.10 Å². The molecule has 0 bridgehead atoms. The van der Waals surface area contributed by atoms with Gasteiger partial charge in [0.1, 0.15) is 0 Å². The maximum atomic E-state index is 12.3. The van der Waals surface area contributed by atoms with Gasteiger partial charge in [-0.2, -0.15) is 5.10 Å². The van der Waals surface area contributed by atoms with Gasteiger partial charge in [0, 0.05) is 5.56 Å². The van der Waals surface area contributed by atoms with Gasteiger partial charge in [-0.1, -0.05) is 0 Å². The Morgan fingerprint density at radius 3 is 2.36 bits per heavy atom. The molecule has 1 aliphatic heterocycles. The Bertz CT molecular complexity index is 858. The second kappa shape index (κ2) is 6.64. The summed E-state index contributed by atoms with van der Waals surface area (Å²) in [4.78, 5) is 23.2. The van der Waals surface area contributed by atoms with Crippen molar-refractivity contribution in [3.05, 3.63) is 53.6 Å². The number of hydrogen-bond acceptors (Lipinski definition) is 5. The van der Waals surface area contributed by atoms with Gasteiger partial charge >= 0.3 is 5.97 Å². The molecule has 25 heavy (non-hydrogen) atoms. The summed E-state index contributed by atoms with van der Waals surface area (Å²) in [5, 5.41) is 14.6. The molecule has 1 heterocycles. The third-order valence-corrected chi connectivity index (χ3v) is 3.85. The van der Waals surface area contributed by atoms with Gasteiger partial charge in [-0.3, -0.25) is 4.79 Å². The third-order valence-electron chi connectivity index (χ3n) is 3.85. The number of carbonyl (C=O) groups is 2. The zero-order valence-electron chi connectivity index (χ0n) is 13.7. The van der Waals surface area contributed by atoms with Crippen LogP contribution in [-0.2, 0) is 4.79 Å². The molecule has 0 spiro atoms. The highest BCUT2D eigenvalue weighted by atomic mass is 16.5. The zero-order chi connectivity index (χ0) is 18.0. The standard InChI is InChI=1S/C18H16N2O5/c1-24-15-8-5-12(9-16(15)25-2)14-10-17(21)20(19-14)13-6-3-11(4-7-13)18(22)23/h3-9H,10H2,1-2H3,(H,22,23). The quantitative estimate of drug-likeness (QED) is 0.903. The molecule has 7 nitrogen and oxygen atoms in total. The number of hydrazone groups is 1. The molecule has 0 atom stereocenters. The normalized spacial score (nSPS) is 13.6. The lowest BCUT2D eigenvalue weighted by Crippen LogP contribution is -2.19. The van der Waals surface area contributed by atoms with Crippen LogP contribution >= 0.6 is 0 Å². The van der Waals surface area contributed by atoms with Gasteiger partial charge in [0.05, 0.1) is 37.6 Å². The number of methoxy groups -OCH3 is 2. The Kier molecular flexibility index (Phi) is 4.38. The Labute approximate surface area is 144 Å². The van der Waals surface area contributed by atoms with Crippen molar-refractivity contribution in [1.82, 2.24) is 0 Å². The molecular formula is C18H16N2O5. The SMILES string of the molecule is COc1ccc(C2=NN(c3ccc(C(=O)O)cc3)C(=O)C2)cc1OC. The molecule has 2 aromatic carbocycles. The van der Waals surface area contributed by atoms with E-state index in [0.29, 0.717) is 22.9 Å². The number of aromatic carboxylic acids is 1. The van der Waals surface area contributed by atoms with Crippen LogP contribution in [0.15, 0.2) is 47.6 Å². The highest BCUT2D eigenvalue weighted by molar-refractivity contribution is 6.19. The van der Waals surface area contributed by atoms with E-state index in [-0.39, 0.29) is 17.9 Å². The molecule has 128 valence electrons. The number of amides is 1. The van der Waals surface area contributed by atoms with Crippen molar-refractivity contribution in [2.45, 2.75) is 6.42 Å². The fourth-order valence-electron chi connectivity index (χ4n) is 2.55. The Balaban J connectivity index is 1.91. The lowest BCUT2D eigenvalue weighted by atomic mass is 10.1. The fourth-order valence-corrected chi connectivity index (χ4v) is 2.55. The Hall–Kier alpha value is -3.35. The molecule has 0 saturated carbocycles. The van der Waals surface area contributed by atoms with Gasteiger partial charge < -0.3 is 14.6 Å². The molecule has 1 amide bonds. The maximum Gasteiger partial charge on any atom is 0.335 e. The molecule has 0 aromatic heterocycles. The number of rotatable bonds is 5. The van der Waals surface area contributed by atoms with Crippen LogP contribution in [0.25, 0.3) is 0 Å². The predicted octanol–water partition coefficient (Wildman–Crippen LogP) is 2.54. The van der Waals surface area contributed by atoms with Crippen molar-refractivity contribution in [1.29, 1.82) is 0 Å². The highest BCUT2D eigenvalue weighted by Crippen LogP contribution is 2.30. The average molecular weight is 340 g/mol. The van der Waals surface area contributed by atoms with Gasteiger partial charge in [-0.15, -0.1) is 0 Å². The number of benzene rings is 2. The predicted molar refractivity (Wildman–Crippen MR) is 91.6 cm³/mol. The first-order chi connectivity index (χ1) is 12.0. The van der Waals surface area contributed by atoms with E-state index in [1.54, 1.807) is 38.5 Å². The van der Waals surface area contributed by atoms with Gasteiger partial charge in [0.15, 0.2) is 11.5 Å². The lowest BCUT2D eigenvalue weighted by Gasteiger charge is -2.11. The number of carbonyl (C=O) groups excluding carboxylic acids is 1. The van der Waals surface area contributed by atoms with Crippen molar-refractivity contribution in [3.8, 4) is 11.5 Å². The molecule has 1 N–H and O–H groups in total. The molecule has 2 aromatic rings. The molecule has 3 rings (SSSR count). The van der Waals surface area contributed by atoms with E-state index in [1.165, 1.54) is 17.1 Å². The van der Waals surface area contributed by atoms with Gasteiger partial charge in [0.2, 0.25) is 0 Å². The van der Waals surface area contributed by atoms with Crippen molar-refractivity contribution in [2.75, 3.05) is 19.2 Å². The van der Waals surface area contributed by atoms with E-state index in [2.05, 4.69) is 5.10 Å². The molecule has 0 unspecified atom stereocenters. The number of nitrogens with zero attached hydrogens (tertiary/aromatic N) is 2. The molecule has 0 saturated heterocycles. The van der Waals surface area contributed by atoms with Gasteiger partial charge in [-0.05, 0) is 42.5 Å². The van der Waals surface area contributed by atoms with Gasteiger partial charge in [0.25, 0.3) is 5.91 Å². The van der Waals surface area contributed by atoms with Crippen LogP contribution in [0, 0.1) is 0 Å². The summed E-state index contributed by atoms with van der Waals surface area (Å²) in [6, 6.07) is 11.3. The van der Waals surface area contributed by atoms with E-state index in [1.807, 2.05) is 6.07 Å². The number of hydrogen-bond donors (Lipinski definition) is 1. The van der Waals surface area contributed by atoms with Crippen LogP contribution in [0.4, 0.5) is 5.69 Å². The number of anilines is 1. The summed E-state index contributed by atoms with van der Waals surface area (Å²) in [5.41, 5.74) is 2.04. The maximum absolute atomic E-state index is 12.3. The second-order valence-corrected chi connectivity index (χ2v) is 5.35. The molecular weight excluding hydrogens is 324 g/mol. The molecule has 0 fully saturated rings.